The number of hydrogen-bond donors (Lipinski definition) is 2. The quantitative estimate of drug-likeness (QED) is 0.747. The lowest BCUT2D eigenvalue weighted by atomic mass is 10.0. The molecular formula is C20H21F3N4O3. The summed E-state index contributed by atoms with van der Waals surface area (Å²) in [6.45, 7) is 1.54. The number of anilines is 1. The normalized spacial score (nSPS) is 17.6. The van der Waals surface area contributed by atoms with E-state index in [1.165, 1.54) is 24.3 Å². The fraction of sp³-hybridized carbons (Fsp3) is 0.450. The number of rotatable bonds is 6. The highest BCUT2D eigenvalue weighted by Crippen LogP contribution is 2.41. The fourth-order valence-electron chi connectivity index (χ4n) is 3.63. The van der Waals surface area contributed by atoms with Crippen molar-refractivity contribution in [3.63, 3.8) is 0 Å². The standard InChI is InChI=1S/C20H21F3N4O3/c21-20(22,23)30-14-7-5-13(6-8-14)17(12-3-4-12)26-18(29)15-11-16(28)25-19(24-15)27-9-1-2-10-27/h5-8,11-12,17H,1-4,9-10H2,(H,26,29)(H,24,25,28)/t17-/m1/s1. The van der Waals surface area contributed by atoms with Crippen LogP contribution < -0.4 is 20.5 Å². The average molecular weight is 422 g/mol. The van der Waals surface area contributed by atoms with Gasteiger partial charge in [-0.2, -0.15) is 0 Å². The molecule has 0 unspecified atom stereocenters. The monoisotopic (exact) mass is 422 g/mol. The lowest BCUT2D eigenvalue weighted by molar-refractivity contribution is -0.274. The highest BCUT2D eigenvalue weighted by molar-refractivity contribution is 5.92. The zero-order valence-electron chi connectivity index (χ0n) is 16.0. The Hall–Kier alpha value is -3.04. The van der Waals surface area contributed by atoms with Crippen LogP contribution in [0.4, 0.5) is 19.1 Å². The molecular weight excluding hydrogens is 401 g/mol. The second-order valence-corrected chi connectivity index (χ2v) is 7.55. The van der Waals surface area contributed by atoms with Gasteiger partial charge in [0, 0.05) is 19.2 Å². The lowest BCUT2D eigenvalue weighted by Gasteiger charge is -2.20. The fourth-order valence-corrected chi connectivity index (χ4v) is 3.63. The molecule has 160 valence electrons. The molecule has 1 saturated heterocycles. The molecule has 1 saturated carbocycles. The summed E-state index contributed by atoms with van der Waals surface area (Å²) in [6, 6.07) is 6.23. The van der Waals surface area contributed by atoms with Gasteiger partial charge in [0.1, 0.15) is 11.4 Å². The summed E-state index contributed by atoms with van der Waals surface area (Å²) in [7, 11) is 0. The zero-order valence-corrected chi connectivity index (χ0v) is 16.0. The van der Waals surface area contributed by atoms with E-state index in [0.29, 0.717) is 11.5 Å². The number of alkyl halides is 3. The first-order chi connectivity index (χ1) is 14.3. The largest absolute Gasteiger partial charge is 0.573 e. The van der Waals surface area contributed by atoms with E-state index in [-0.39, 0.29) is 23.4 Å². The maximum atomic E-state index is 12.8. The van der Waals surface area contributed by atoms with Gasteiger partial charge in [-0.15, -0.1) is 13.2 Å². The van der Waals surface area contributed by atoms with Gasteiger partial charge in [0.25, 0.3) is 11.5 Å². The van der Waals surface area contributed by atoms with Crippen molar-refractivity contribution in [1.29, 1.82) is 0 Å². The smallest absolute Gasteiger partial charge is 0.406 e. The predicted octanol–water partition coefficient (Wildman–Crippen LogP) is 3.15. The van der Waals surface area contributed by atoms with Crippen LogP contribution in [-0.2, 0) is 0 Å². The third kappa shape index (κ3) is 4.92. The van der Waals surface area contributed by atoms with Gasteiger partial charge in [-0.05, 0) is 49.3 Å². The van der Waals surface area contributed by atoms with Crippen molar-refractivity contribution in [2.45, 2.75) is 38.1 Å². The van der Waals surface area contributed by atoms with Crippen molar-refractivity contribution in [1.82, 2.24) is 15.3 Å². The van der Waals surface area contributed by atoms with Gasteiger partial charge in [0.2, 0.25) is 5.95 Å². The van der Waals surface area contributed by atoms with Crippen LogP contribution in [0.5, 0.6) is 5.75 Å². The van der Waals surface area contributed by atoms with Gasteiger partial charge in [-0.1, -0.05) is 12.1 Å². The van der Waals surface area contributed by atoms with Gasteiger partial charge in [-0.25, -0.2) is 4.98 Å². The number of H-pyrrole nitrogens is 1. The van der Waals surface area contributed by atoms with Crippen LogP contribution in [0.3, 0.4) is 0 Å². The van der Waals surface area contributed by atoms with Crippen LogP contribution in [0.1, 0.15) is 47.8 Å². The van der Waals surface area contributed by atoms with E-state index in [2.05, 4.69) is 20.0 Å². The first-order valence-corrected chi connectivity index (χ1v) is 9.81. The molecule has 2 fully saturated rings. The van der Waals surface area contributed by atoms with Gasteiger partial charge < -0.3 is 15.0 Å². The van der Waals surface area contributed by atoms with E-state index in [9.17, 15) is 22.8 Å². The Morgan fingerprint density at radius 2 is 1.87 bits per heavy atom. The Kier molecular flexibility index (Phi) is 5.40. The molecule has 4 rings (SSSR count). The van der Waals surface area contributed by atoms with E-state index in [4.69, 9.17) is 0 Å². The summed E-state index contributed by atoms with van der Waals surface area (Å²) in [5.74, 6) is -0.252. The number of carbonyl (C=O) groups excluding carboxylic acids is 1. The van der Waals surface area contributed by atoms with Crippen molar-refractivity contribution < 1.29 is 22.7 Å². The molecule has 1 aliphatic carbocycles. The summed E-state index contributed by atoms with van der Waals surface area (Å²) in [5.41, 5.74) is 0.280. The first kappa shape index (κ1) is 20.2. The number of hydrogen-bond acceptors (Lipinski definition) is 5. The van der Waals surface area contributed by atoms with Gasteiger partial charge in [0.05, 0.1) is 6.04 Å². The molecule has 2 aliphatic rings. The van der Waals surface area contributed by atoms with Crippen molar-refractivity contribution in [3.05, 3.63) is 51.9 Å². The van der Waals surface area contributed by atoms with E-state index in [1.54, 1.807) is 0 Å². The highest BCUT2D eigenvalue weighted by Gasteiger charge is 2.35. The van der Waals surface area contributed by atoms with Gasteiger partial charge >= 0.3 is 6.36 Å². The number of nitrogens with one attached hydrogen (secondary N) is 2. The molecule has 1 atom stereocenters. The van der Waals surface area contributed by atoms with E-state index >= 15 is 0 Å². The molecule has 0 radical (unpaired) electrons. The summed E-state index contributed by atoms with van der Waals surface area (Å²) < 4.78 is 41.0. The molecule has 1 aliphatic heterocycles. The van der Waals surface area contributed by atoms with Gasteiger partial charge in [-0.3, -0.25) is 14.6 Å². The van der Waals surface area contributed by atoms with E-state index in [1.807, 2.05) is 4.90 Å². The SMILES string of the molecule is O=C(N[C@@H](c1ccc(OC(F)(F)F)cc1)C1CC1)c1cc(=O)[nH]c(N2CCCC2)n1. The molecule has 2 N–H and O–H groups in total. The minimum Gasteiger partial charge on any atom is -0.406 e. The third-order valence-electron chi connectivity index (χ3n) is 5.22. The molecule has 10 heteroatoms. The Morgan fingerprint density at radius 1 is 1.20 bits per heavy atom. The number of aromatic nitrogens is 2. The summed E-state index contributed by atoms with van der Waals surface area (Å²) in [5, 5.41) is 2.89. The van der Waals surface area contributed by atoms with Crippen LogP contribution >= 0.6 is 0 Å². The van der Waals surface area contributed by atoms with Crippen LogP contribution in [0.15, 0.2) is 35.1 Å². The number of ether oxygens (including phenoxy) is 1. The number of aromatic amines is 1. The average Bonchev–Trinajstić information content (AvgIpc) is 3.37. The van der Waals surface area contributed by atoms with E-state index in [0.717, 1.165) is 44.8 Å². The van der Waals surface area contributed by atoms with Crippen molar-refractivity contribution >= 4 is 11.9 Å². The molecule has 1 aromatic heterocycles. The van der Waals surface area contributed by atoms with E-state index < -0.39 is 17.8 Å². The molecule has 2 heterocycles. The third-order valence-corrected chi connectivity index (χ3v) is 5.22. The number of carbonyl (C=O) groups is 1. The Morgan fingerprint density at radius 3 is 2.47 bits per heavy atom. The summed E-state index contributed by atoms with van der Waals surface area (Å²) in [4.78, 5) is 33.7. The number of halogens is 3. The summed E-state index contributed by atoms with van der Waals surface area (Å²) >= 11 is 0. The lowest BCUT2D eigenvalue weighted by Crippen LogP contribution is -2.33. The van der Waals surface area contributed by atoms with Crippen LogP contribution in [0.2, 0.25) is 0 Å². The maximum absolute atomic E-state index is 12.8. The Balaban J connectivity index is 1.51. The molecule has 2 aromatic rings. The summed E-state index contributed by atoms with van der Waals surface area (Å²) in [6.07, 6.45) is -0.970. The minimum atomic E-state index is -4.76. The molecule has 1 amide bonds. The van der Waals surface area contributed by atoms with Crippen molar-refractivity contribution in [2.24, 2.45) is 5.92 Å². The molecule has 1 aromatic carbocycles. The predicted molar refractivity (Wildman–Crippen MR) is 102 cm³/mol. The number of amides is 1. The molecule has 30 heavy (non-hydrogen) atoms. The molecule has 7 nitrogen and oxygen atoms in total. The zero-order chi connectivity index (χ0) is 21.3. The molecule has 0 bridgehead atoms. The van der Waals surface area contributed by atoms with Crippen LogP contribution in [0.25, 0.3) is 0 Å². The van der Waals surface area contributed by atoms with Crippen molar-refractivity contribution in [2.75, 3.05) is 18.0 Å². The highest BCUT2D eigenvalue weighted by atomic mass is 19.4. The number of benzene rings is 1. The van der Waals surface area contributed by atoms with Crippen LogP contribution in [0, 0.1) is 5.92 Å². The Labute approximate surface area is 170 Å². The minimum absolute atomic E-state index is 0.0170. The topological polar surface area (TPSA) is 87.3 Å². The van der Waals surface area contributed by atoms with Crippen molar-refractivity contribution in [3.8, 4) is 5.75 Å². The molecule has 0 spiro atoms. The second-order valence-electron chi connectivity index (χ2n) is 7.55. The van der Waals surface area contributed by atoms with Crippen LogP contribution in [-0.4, -0.2) is 35.3 Å². The Bertz CT molecular complexity index is 964. The second kappa shape index (κ2) is 8.00. The first-order valence-electron chi connectivity index (χ1n) is 9.81. The number of nitrogens with zero attached hydrogens (tertiary/aromatic N) is 2. The maximum Gasteiger partial charge on any atom is 0.573 e. The van der Waals surface area contributed by atoms with Gasteiger partial charge in [0.15, 0.2) is 0 Å².